The first-order valence-electron chi connectivity index (χ1n) is 8.60. The largest absolute Gasteiger partial charge is 0.495 e. The standard InChI is InChI=1S/C20H15Cl2N5O2/c1-11-18(20(28)24-16-9-14(22)6-7-17(16)29-2)25-26-19-15(10-23-27(11)19)12-4-3-5-13(21)8-12/h3-10H,1-2H3,(H,24,28). The molecule has 7 nitrogen and oxygen atoms in total. The second-order valence-electron chi connectivity index (χ2n) is 6.24. The Morgan fingerprint density at radius 1 is 1.10 bits per heavy atom. The van der Waals surface area contributed by atoms with Crippen LogP contribution in [0, 0.1) is 6.92 Å². The number of carbonyl (C=O) groups is 1. The molecule has 1 N–H and O–H groups in total. The summed E-state index contributed by atoms with van der Waals surface area (Å²) in [5.74, 6) is 0.0362. The third kappa shape index (κ3) is 3.62. The number of benzene rings is 2. The van der Waals surface area contributed by atoms with Gasteiger partial charge in [0, 0.05) is 15.6 Å². The van der Waals surface area contributed by atoms with Crippen molar-refractivity contribution in [2.75, 3.05) is 12.4 Å². The Kier molecular flexibility index (Phi) is 5.08. The Labute approximate surface area is 176 Å². The number of nitrogens with one attached hydrogen (secondary N) is 1. The highest BCUT2D eigenvalue weighted by Crippen LogP contribution is 2.29. The maximum atomic E-state index is 12.8. The molecule has 2 aromatic carbocycles. The van der Waals surface area contributed by atoms with Crippen molar-refractivity contribution < 1.29 is 9.53 Å². The van der Waals surface area contributed by atoms with E-state index in [0.717, 1.165) is 11.1 Å². The fourth-order valence-electron chi connectivity index (χ4n) is 2.98. The van der Waals surface area contributed by atoms with Gasteiger partial charge in [0.2, 0.25) is 0 Å². The number of methoxy groups -OCH3 is 1. The molecule has 2 heterocycles. The van der Waals surface area contributed by atoms with Crippen LogP contribution in [0.3, 0.4) is 0 Å². The van der Waals surface area contributed by atoms with Crippen molar-refractivity contribution >= 4 is 40.4 Å². The van der Waals surface area contributed by atoms with Gasteiger partial charge in [0.15, 0.2) is 11.3 Å². The number of ether oxygens (including phenoxy) is 1. The van der Waals surface area contributed by atoms with Crippen LogP contribution in [0.2, 0.25) is 10.0 Å². The van der Waals surface area contributed by atoms with Crippen molar-refractivity contribution in [3.05, 3.63) is 70.1 Å². The number of nitrogens with zero attached hydrogens (tertiary/aromatic N) is 4. The Morgan fingerprint density at radius 3 is 2.66 bits per heavy atom. The van der Waals surface area contributed by atoms with Crippen LogP contribution >= 0.6 is 23.2 Å². The SMILES string of the molecule is COc1ccc(Cl)cc1NC(=O)c1nnc2c(-c3cccc(Cl)c3)cnn2c1C. The van der Waals surface area contributed by atoms with Crippen molar-refractivity contribution in [2.24, 2.45) is 0 Å². The van der Waals surface area contributed by atoms with E-state index >= 15 is 0 Å². The van der Waals surface area contributed by atoms with Crippen LogP contribution in [0.1, 0.15) is 16.2 Å². The lowest BCUT2D eigenvalue weighted by Gasteiger charge is -2.11. The molecule has 0 atom stereocenters. The summed E-state index contributed by atoms with van der Waals surface area (Å²) in [6.45, 7) is 1.75. The van der Waals surface area contributed by atoms with E-state index < -0.39 is 5.91 Å². The molecule has 29 heavy (non-hydrogen) atoms. The zero-order chi connectivity index (χ0) is 20.5. The zero-order valence-electron chi connectivity index (χ0n) is 15.5. The molecule has 0 unspecified atom stereocenters. The average Bonchev–Trinajstić information content (AvgIpc) is 3.13. The molecule has 0 bridgehead atoms. The number of halogens is 2. The number of anilines is 1. The lowest BCUT2D eigenvalue weighted by atomic mass is 10.1. The second-order valence-corrected chi connectivity index (χ2v) is 7.11. The number of carbonyl (C=O) groups excluding carboxylic acids is 1. The summed E-state index contributed by atoms with van der Waals surface area (Å²) in [6, 6.07) is 12.3. The third-order valence-electron chi connectivity index (χ3n) is 4.41. The monoisotopic (exact) mass is 427 g/mol. The maximum absolute atomic E-state index is 12.8. The molecule has 4 aromatic rings. The van der Waals surface area contributed by atoms with Gasteiger partial charge in [-0.3, -0.25) is 4.79 Å². The molecule has 0 spiro atoms. The van der Waals surface area contributed by atoms with Crippen molar-refractivity contribution in [3.63, 3.8) is 0 Å². The van der Waals surface area contributed by atoms with Crippen molar-refractivity contribution in [1.82, 2.24) is 19.8 Å². The smallest absolute Gasteiger partial charge is 0.278 e. The molecule has 0 fully saturated rings. The van der Waals surface area contributed by atoms with E-state index in [-0.39, 0.29) is 5.69 Å². The first-order chi connectivity index (χ1) is 14.0. The van der Waals surface area contributed by atoms with E-state index in [0.29, 0.717) is 32.8 Å². The number of amides is 1. The molecular weight excluding hydrogens is 413 g/mol. The van der Waals surface area contributed by atoms with E-state index in [9.17, 15) is 4.79 Å². The summed E-state index contributed by atoms with van der Waals surface area (Å²) in [6.07, 6.45) is 1.67. The van der Waals surface area contributed by atoms with Gasteiger partial charge in [0.1, 0.15) is 5.75 Å². The Bertz CT molecular complexity index is 1240. The van der Waals surface area contributed by atoms with Gasteiger partial charge in [0.05, 0.1) is 24.7 Å². The molecule has 0 aliphatic carbocycles. The maximum Gasteiger partial charge on any atom is 0.278 e. The number of rotatable bonds is 4. The van der Waals surface area contributed by atoms with Gasteiger partial charge < -0.3 is 10.1 Å². The summed E-state index contributed by atoms with van der Waals surface area (Å²) in [5, 5.41) is 16.6. The molecule has 2 aromatic heterocycles. The van der Waals surface area contributed by atoms with Crippen LogP contribution in [0.4, 0.5) is 5.69 Å². The summed E-state index contributed by atoms with van der Waals surface area (Å²) in [7, 11) is 1.51. The molecular formula is C20H15Cl2N5O2. The van der Waals surface area contributed by atoms with E-state index in [1.165, 1.54) is 7.11 Å². The number of hydrogen-bond acceptors (Lipinski definition) is 5. The topological polar surface area (TPSA) is 81.4 Å². The molecule has 0 radical (unpaired) electrons. The summed E-state index contributed by atoms with van der Waals surface area (Å²) in [5.41, 5.74) is 3.28. The summed E-state index contributed by atoms with van der Waals surface area (Å²) < 4.78 is 6.84. The predicted octanol–water partition coefficient (Wildman–Crippen LogP) is 4.67. The normalized spacial score (nSPS) is 10.9. The molecule has 0 saturated carbocycles. The lowest BCUT2D eigenvalue weighted by Crippen LogP contribution is -2.19. The number of hydrogen-bond donors (Lipinski definition) is 1. The molecule has 4 rings (SSSR count). The van der Waals surface area contributed by atoms with Gasteiger partial charge in [-0.25, -0.2) is 4.52 Å². The minimum absolute atomic E-state index is 0.139. The molecule has 9 heteroatoms. The number of aryl methyl sites for hydroxylation is 1. The quantitative estimate of drug-likeness (QED) is 0.511. The lowest BCUT2D eigenvalue weighted by molar-refractivity contribution is 0.101. The molecule has 1 amide bonds. The van der Waals surface area contributed by atoms with Gasteiger partial charge in [-0.1, -0.05) is 35.3 Å². The Balaban J connectivity index is 1.72. The molecule has 0 saturated heterocycles. The van der Waals surface area contributed by atoms with E-state index in [4.69, 9.17) is 27.9 Å². The summed E-state index contributed by atoms with van der Waals surface area (Å²) in [4.78, 5) is 12.8. The van der Waals surface area contributed by atoms with Crippen LogP contribution < -0.4 is 10.1 Å². The second kappa shape index (κ2) is 7.69. The first-order valence-corrected chi connectivity index (χ1v) is 9.35. The van der Waals surface area contributed by atoms with Gasteiger partial charge in [-0.2, -0.15) is 5.10 Å². The first kappa shape index (κ1) is 19.2. The zero-order valence-corrected chi connectivity index (χ0v) is 17.0. The predicted molar refractivity (Wildman–Crippen MR) is 112 cm³/mol. The fraction of sp³-hybridized carbons (Fsp3) is 0.100. The van der Waals surface area contributed by atoms with Gasteiger partial charge >= 0.3 is 0 Å². The minimum atomic E-state index is -0.447. The highest BCUT2D eigenvalue weighted by molar-refractivity contribution is 6.31. The van der Waals surface area contributed by atoms with Gasteiger partial charge in [0.25, 0.3) is 5.91 Å². The van der Waals surface area contributed by atoms with E-state index in [1.807, 2.05) is 18.2 Å². The number of fused-ring (bicyclic) bond motifs is 1. The van der Waals surface area contributed by atoms with Crippen LogP contribution in [0.5, 0.6) is 5.75 Å². The molecule has 0 aliphatic rings. The van der Waals surface area contributed by atoms with E-state index in [1.54, 1.807) is 41.9 Å². The van der Waals surface area contributed by atoms with E-state index in [2.05, 4.69) is 20.6 Å². The highest BCUT2D eigenvalue weighted by Gasteiger charge is 2.19. The Morgan fingerprint density at radius 2 is 1.90 bits per heavy atom. The van der Waals surface area contributed by atoms with Crippen LogP contribution in [-0.2, 0) is 0 Å². The highest BCUT2D eigenvalue weighted by atomic mass is 35.5. The third-order valence-corrected chi connectivity index (χ3v) is 4.88. The molecule has 146 valence electrons. The fourth-order valence-corrected chi connectivity index (χ4v) is 3.34. The average molecular weight is 428 g/mol. The van der Waals surface area contributed by atoms with Crippen molar-refractivity contribution in [1.29, 1.82) is 0 Å². The summed E-state index contributed by atoms with van der Waals surface area (Å²) >= 11 is 12.1. The Hall–Kier alpha value is -3.16. The van der Waals surface area contributed by atoms with Crippen LogP contribution in [0.25, 0.3) is 16.8 Å². The van der Waals surface area contributed by atoms with Crippen LogP contribution in [-0.4, -0.2) is 32.8 Å². The minimum Gasteiger partial charge on any atom is -0.495 e. The van der Waals surface area contributed by atoms with Gasteiger partial charge in [-0.15, -0.1) is 10.2 Å². The van der Waals surface area contributed by atoms with Crippen LogP contribution in [0.15, 0.2) is 48.7 Å². The van der Waals surface area contributed by atoms with Gasteiger partial charge in [-0.05, 0) is 42.8 Å². The van der Waals surface area contributed by atoms with Crippen molar-refractivity contribution in [2.45, 2.75) is 6.92 Å². The molecule has 0 aliphatic heterocycles. The van der Waals surface area contributed by atoms with Crippen molar-refractivity contribution in [3.8, 4) is 16.9 Å². The number of aromatic nitrogens is 4.